The number of aromatic nitrogens is 3. The number of pyridine rings is 1. The van der Waals surface area contributed by atoms with E-state index in [0.29, 0.717) is 17.4 Å². The first kappa shape index (κ1) is 13.8. The van der Waals surface area contributed by atoms with E-state index < -0.39 is 0 Å². The van der Waals surface area contributed by atoms with Crippen LogP contribution in [0.1, 0.15) is 30.6 Å². The van der Waals surface area contributed by atoms with Crippen LogP contribution in [0.25, 0.3) is 5.82 Å². The lowest BCUT2D eigenvalue weighted by Gasteiger charge is -2.35. The van der Waals surface area contributed by atoms with Crippen LogP contribution in [0.2, 0.25) is 0 Å². The average molecular weight is 284 g/mol. The summed E-state index contributed by atoms with van der Waals surface area (Å²) in [7, 11) is 0. The fourth-order valence-corrected chi connectivity index (χ4v) is 3.06. The van der Waals surface area contributed by atoms with Gasteiger partial charge in [-0.2, -0.15) is 5.10 Å². The first-order valence-electron chi connectivity index (χ1n) is 7.39. The molecule has 2 atom stereocenters. The summed E-state index contributed by atoms with van der Waals surface area (Å²) in [6.45, 7) is 6.08. The SMILES string of the molecule is CC1CC(C)CN(C(=O)c2ccc(-n3cccn3)nc2)C1. The largest absolute Gasteiger partial charge is 0.338 e. The monoisotopic (exact) mass is 284 g/mol. The summed E-state index contributed by atoms with van der Waals surface area (Å²) in [5.74, 6) is 1.92. The lowest BCUT2D eigenvalue weighted by molar-refractivity contribution is 0.0622. The van der Waals surface area contributed by atoms with Crippen molar-refractivity contribution in [3.63, 3.8) is 0 Å². The van der Waals surface area contributed by atoms with Gasteiger partial charge in [-0.15, -0.1) is 0 Å². The Bertz CT molecular complexity index is 596. The van der Waals surface area contributed by atoms with Crippen LogP contribution in [-0.2, 0) is 0 Å². The van der Waals surface area contributed by atoms with Gasteiger partial charge in [-0.3, -0.25) is 4.79 Å². The van der Waals surface area contributed by atoms with Crippen molar-refractivity contribution in [2.24, 2.45) is 11.8 Å². The molecule has 0 spiro atoms. The highest BCUT2D eigenvalue weighted by Gasteiger charge is 2.26. The molecule has 1 aliphatic rings. The molecule has 110 valence electrons. The van der Waals surface area contributed by atoms with Crippen LogP contribution in [-0.4, -0.2) is 38.7 Å². The van der Waals surface area contributed by atoms with E-state index in [1.807, 2.05) is 29.3 Å². The summed E-state index contributed by atoms with van der Waals surface area (Å²) < 4.78 is 1.68. The maximum Gasteiger partial charge on any atom is 0.255 e. The van der Waals surface area contributed by atoms with Crippen molar-refractivity contribution < 1.29 is 4.79 Å². The third kappa shape index (κ3) is 2.96. The number of carbonyl (C=O) groups excluding carboxylic acids is 1. The standard InChI is InChI=1S/C16H20N4O/c1-12-8-13(2)11-19(10-12)16(21)14-4-5-15(17-9-14)20-7-3-6-18-20/h3-7,9,12-13H,8,10-11H2,1-2H3. The lowest BCUT2D eigenvalue weighted by atomic mass is 9.91. The second-order valence-corrected chi connectivity index (χ2v) is 6.01. The van der Waals surface area contributed by atoms with Crippen molar-refractivity contribution in [3.05, 3.63) is 42.4 Å². The van der Waals surface area contributed by atoms with Gasteiger partial charge in [0.15, 0.2) is 5.82 Å². The van der Waals surface area contributed by atoms with Crippen LogP contribution in [0.4, 0.5) is 0 Å². The summed E-state index contributed by atoms with van der Waals surface area (Å²) >= 11 is 0. The Morgan fingerprint density at radius 2 is 2.00 bits per heavy atom. The van der Waals surface area contributed by atoms with E-state index in [9.17, 15) is 4.79 Å². The summed E-state index contributed by atoms with van der Waals surface area (Å²) in [6.07, 6.45) is 6.37. The zero-order valence-corrected chi connectivity index (χ0v) is 12.4. The minimum Gasteiger partial charge on any atom is -0.338 e. The molecule has 0 aliphatic carbocycles. The van der Waals surface area contributed by atoms with Crippen molar-refractivity contribution in [2.75, 3.05) is 13.1 Å². The molecule has 1 fully saturated rings. The van der Waals surface area contributed by atoms with Gasteiger partial charge in [-0.1, -0.05) is 13.8 Å². The molecule has 0 radical (unpaired) electrons. The van der Waals surface area contributed by atoms with Gasteiger partial charge < -0.3 is 4.90 Å². The Labute approximate surface area is 124 Å². The van der Waals surface area contributed by atoms with E-state index in [1.54, 1.807) is 17.1 Å². The van der Waals surface area contributed by atoms with Gasteiger partial charge in [-0.25, -0.2) is 9.67 Å². The molecule has 5 nitrogen and oxygen atoms in total. The smallest absolute Gasteiger partial charge is 0.255 e. The van der Waals surface area contributed by atoms with Gasteiger partial charge in [0, 0.05) is 31.7 Å². The van der Waals surface area contributed by atoms with Crippen LogP contribution in [0.5, 0.6) is 0 Å². The Morgan fingerprint density at radius 1 is 1.24 bits per heavy atom. The van der Waals surface area contributed by atoms with Gasteiger partial charge >= 0.3 is 0 Å². The number of hydrogen-bond acceptors (Lipinski definition) is 3. The molecule has 2 aromatic heterocycles. The molecule has 0 bridgehead atoms. The third-order valence-electron chi connectivity index (χ3n) is 3.89. The summed E-state index contributed by atoms with van der Waals surface area (Å²) in [5.41, 5.74) is 0.646. The molecule has 0 aromatic carbocycles. The number of piperidine rings is 1. The molecule has 3 heterocycles. The maximum absolute atomic E-state index is 12.6. The third-order valence-corrected chi connectivity index (χ3v) is 3.89. The van der Waals surface area contributed by atoms with Crippen molar-refractivity contribution in [1.29, 1.82) is 0 Å². The normalized spacial score (nSPS) is 22.3. The Hall–Kier alpha value is -2.17. The molecule has 1 amide bonds. The second-order valence-electron chi connectivity index (χ2n) is 6.01. The Morgan fingerprint density at radius 3 is 2.57 bits per heavy atom. The van der Waals surface area contributed by atoms with E-state index in [1.165, 1.54) is 6.42 Å². The molecule has 2 unspecified atom stereocenters. The van der Waals surface area contributed by atoms with Gasteiger partial charge in [-0.05, 0) is 36.5 Å². The topological polar surface area (TPSA) is 51.0 Å². The van der Waals surface area contributed by atoms with E-state index in [-0.39, 0.29) is 5.91 Å². The van der Waals surface area contributed by atoms with Crippen molar-refractivity contribution >= 4 is 5.91 Å². The molecular weight excluding hydrogens is 264 g/mol. The van der Waals surface area contributed by atoms with Gasteiger partial charge in [0.2, 0.25) is 0 Å². The molecule has 2 aromatic rings. The first-order chi connectivity index (χ1) is 10.1. The van der Waals surface area contributed by atoms with Gasteiger partial charge in [0.05, 0.1) is 5.56 Å². The molecule has 1 aliphatic heterocycles. The van der Waals surface area contributed by atoms with Crippen LogP contribution in [0.15, 0.2) is 36.8 Å². The number of carbonyl (C=O) groups is 1. The van der Waals surface area contributed by atoms with Crippen LogP contribution < -0.4 is 0 Å². The maximum atomic E-state index is 12.6. The second kappa shape index (κ2) is 5.68. The van der Waals surface area contributed by atoms with Gasteiger partial charge in [0.25, 0.3) is 5.91 Å². The molecule has 5 heteroatoms. The number of rotatable bonds is 2. The highest BCUT2D eigenvalue weighted by molar-refractivity contribution is 5.94. The Kier molecular flexibility index (Phi) is 3.73. The van der Waals surface area contributed by atoms with Crippen molar-refractivity contribution in [1.82, 2.24) is 19.7 Å². The number of hydrogen-bond donors (Lipinski definition) is 0. The predicted molar refractivity (Wildman–Crippen MR) is 80.2 cm³/mol. The van der Waals surface area contributed by atoms with Crippen molar-refractivity contribution in [2.45, 2.75) is 20.3 Å². The summed E-state index contributed by atoms with van der Waals surface area (Å²) in [4.78, 5) is 18.8. The molecule has 0 N–H and O–H groups in total. The zero-order valence-electron chi connectivity index (χ0n) is 12.4. The molecule has 21 heavy (non-hydrogen) atoms. The summed E-state index contributed by atoms with van der Waals surface area (Å²) in [6, 6.07) is 5.50. The quantitative estimate of drug-likeness (QED) is 0.851. The fraction of sp³-hybridized carbons (Fsp3) is 0.438. The number of amides is 1. The fourth-order valence-electron chi connectivity index (χ4n) is 3.06. The van der Waals surface area contributed by atoms with Crippen molar-refractivity contribution in [3.8, 4) is 5.82 Å². The number of nitrogens with zero attached hydrogens (tertiary/aromatic N) is 4. The minimum absolute atomic E-state index is 0.0768. The molecular formula is C16H20N4O. The Balaban J connectivity index is 1.76. The van der Waals surface area contributed by atoms with Gasteiger partial charge in [0.1, 0.15) is 0 Å². The van der Waals surface area contributed by atoms with Crippen LogP contribution in [0.3, 0.4) is 0 Å². The lowest BCUT2D eigenvalue weighted by Crippen LogP contribution is -2.42. The number of likely N-dealkylation sites (tertiary alicyclic amines) is 1. The van der Waals surface area contributed by atoms with E-state index in [0.717, 1.165) is 18.9 Å². The first-order valence-corrected chi connectivity index (χ1v) is 7.39. The molecule has 3 rings (SSSR count). The minimum atomic E-state index is 0.0768. The zero-order chi connectivity index (χ0) is 14.8. The highest BCUT2D eigenvalue weighted by atomic mass is 16.2. The van der Waals surface area contributed by atoms with E-state index >= 15 is 0 Å². The van der Waals surface area contributed by atoms with E-state index in [4.69, 9.17) is 0 Å². The predicted octanol–water partition coefficient (Wildman–Crippen LogP) is 2.39. The average Bonchev–Trinajstić information content (AvgIpc) is 3.00. The van der Waals surface area contributed by atoms with Crippen LogP contribution >= 0.6 is 0 Å². The van der Waals surface area contributed by atoms with Crippen LogP contribution in [0, 0.1) is 11.8 Å². The van der Waals surface area contributed by atoms with E-state index in [2.05, 4.69) is 23.9 Å². The highest BCUT2D eigenvalue weighted by Crippen LogP contribution is 2.22. The molecule has 1 saturated heterocycles. The summed E-state index contributed by atoms with van der Waals surface area (Å²) in [5, 5.41) is 4.13. The molecule has 0 saturated carbocycles.